The molecule has 3 nitrogen and oxygen atoms in total. The van der Waals surface area contributed by atoms with E-state index in [1.165, 1.54) is 5.56 Å². The number of ether oxygens (including phenoxy) is 1. The first kappa shape index (κ1) is 12.5. The Morgan fingerprint density at radius 2 is 2.00 bits per heavy atom. The van der Waals surface area contributed by atoms with Crippen molar-refractivity contribution in [1.82, 2.24) is 0 Å². The van der Waals surface area contributed by atoms with Crippen LogP contribution in [0.4, 0.5) is 5.69 Å². The summed E-state index contributed by atoms with van der Waals surface area (Å²) in [6, 6.07) is 10.3. The van der Waals surface area contributed by atoms with E-state index >= 15 is 0 Å². The first-order valence-corrected chi connectivity index (χ1v) is 5.35. The zero-order valence-electron chi connectivity index (χ0n) is 10.1. The van der Waals surface area contributed by atoms with Gasteiger partial charge in [-0.3, -0.25) is 0 Å². The average molecular weight is 218 g/mol. The van der Waals surface area contributed by atoms with E-state index < -0.39 is 5.54 Å². The highest BCUT2D eigenvalue weighted by Crippen LogP contribution is 2.18. The Kier molecular flexibility index (Phi) is 4.33. The molecule has 0 fully saturated rings. The van der Waals surface area contributed by atoms with Gasteiger partial charge in [0.1, 0.15) is 5.54 Å². The highest BCUT2D eigenvalue weighted by atomic mass is 16.5. The molecule has 1 aromatic rings. The third-order valence-corrected chi connectivity index (χ3v) is 2.52. The van der Waals surface area contributed by atoms with Gasteiger partial charge in [0.05, 0.1) is 6.07 Å². The number of benzene rings is 1. The standard InChI is InChI=1S/C13H18N2O/c1-11-4-6-12(7-5-11)15-13(2,10-14)8-9-16-3/h4-7,15H,8-9H2,1-3H3. The fourth-order valence-electron chi connectivity index (χ4n) is 1.41. The Hall–Kier alpha value is -1.53. The topological polar surface area (TPSA) is 45.0 Å². The van der Waals surface area contributed by atoms with Crippen molar-refractivity contribution in [2.24, 2.45) is 0 Å². The summed E-state index contributed by atoms with van der Waals surface area (Å²) in [5.74, 6) is 0. The molecular formula is C13H18N2O. The predicted octanol–water partition coefficient (Wildman–Crippen LogP) is 2.73. The molecule has 16 heavy (non-hydrogen) atoms. The minimum Gasteiger partial charge on any atom is -0.385 e. The number of nitrogens with zero attached hydrogens (tertiary/aromatic N) is 1. The van der Waals surface area contributed by atoms with E-state index in [-0.39, 0.29) is 0 Å². The van der Waals surface area contributed by atoms with Crippen molar-refractivity contribution in [3.05, 3.63) is 29.8 Å². The van der Waals surface area contributed by atoms with E-state index in [0.717, 1.165) is 5.69 Å². The Balaban J connectivity index is 2.69. The Morgan fingerprint density at radius 3 is 2.50 bits per heavy atom. The number of methoxy groups -OCH3 is 1. The molecule has 1 aromatic carbocycles. The van der Waals surface area contributed by atoms with Gasteiger partial charge in [-0.1, -0.05) is 17.7 Å². The third-order valence-electron chi connectivity index (χ3n) is 2.52. The van der Waals surface area contributed by atoms with Crippen LogP contribution in [0.1, 0.15) is 18.9 Å². The molecule has 3 heteroatoms. The molecule has 0 aliphatic carbocycles. The predicted molar refractivity (Wildman–Crippen MR) is 65.3 cm³/mol. The van der Waals surface area contributed by atoms with Crippen LogP contribution in [-0.2, 0) is 4.74 Å². The number of aryl methyl sites for hydroxylation is 1. The molecule has 0 amide bonds. The van der Waals surface area contributed by atoms with Gasteiger partial charge in [-0.15, -0.1) is 0 Å². The molecule has 1 rings (SSSR count). The van der Waals surface area contributed by atoms with Crippen molar-refractivity contribution in [2.45, 2.75) is 25.8 Å². The number of hydrogen-bond acceptors (Lipinski definition) is 3. The molecule has 0 spiro atoms. The smallest absolute Gasteiger partial charge is 0.124 e. The zero-order valence-corrected chi connectivity index (χ0v) is 10.1. The lowest BCUT2D eigenvalue weighted by atomic mass is 10.00. The van der Waals surface area contributed by atoms with Gasteiger partial charge in [0.15, 0.2) is 0 Å². The van der Waals surface area contributed by atoms with Crippen molar-refractivity contribution in [3.63, 3.8) is 0 Å². The third kappa shape index (κ3) is 3.56. The first-order valence-electron chi connectivity index (χ1n) is 5.35. The van der Waals surface area contributed by atoms with Crippen LogP contribution < -0.4 is 5.32 Å². The van der Waals surface area contributed by atoms with Crippen LogP contribution in [0.3, 0.4) is 0 Å². The second-order valence-corrected chi connectivity index (χ2v) is 4.18. The lowest BCUT2D eigenvalue weighted by Crippen LogP contribution is -2.34. The minimum absolute atomic E-state index is 0.572. The maximum absolute atomic E-state index is 9.16. The van der Waals surface area contributed by atoms with E-state index in [0.29, 0.717) is 13.0 Å². The van der Waals surface area contributed by atoms with Gasteiger partial charge in [0.25, 0.3) is 0 Å². The van der Waals surface area contributed by atoms with Gasteiger partial charge < -0.3 is 10.1 Å². The number of anilines is 1. The lowest BCUT2D eigenvalue weighted by molar-refractivity contribution is 0.184. The van der Waals surface area contributed by atoms with Gasteiger partial charge in [0, 0.05) is 25.8 Å². The van der Waals surface area contributed by atoms with Crippen LogP contribution in [0, 0.1) is 18.3 Å². The van der Waals surface area contributed by atoms with Crippen molar-refractivity contribution in [1.29, 1.82) is 5.26 Å². The molecule has 0 radical (unpaired) electrons. The first-order chi connectivity index (χ1) is 7.59. The van der Waals surface area contributed by atoms with E-state index in [2.05, 4.69) is 11.4 Å². The minimum atomic E-state index is -0.578. The number of nitriles is 1. The summed E-state index contributed by atoms with van der Waals surface area (Å²) in [4.78, 5) is 0. The largest absolute Gasteiger partial charge is 0.385 e. The molecule has 0 heterocycles. The molecule has 1 unspecified atom stereocenters. The average Bonchev–Trinajstić information content (AvgIpc) is 2.30. The summed E-state index contributed by atoms with van der Waals surface area (Å²) in [7, 11) is 1.64. The van der Waals surface area contributed by atoms with Crippen LogP contribution in [0.15, 0.2) is 24.3 Å². The van der Waals surface area contributed by atoms with E-state index in [1.807, 2.05) is 38.1 Å². The van der Waals surface area contributed by atoms with Gasteiger partial charge in [-0.25, -0.2) is 0 Å². The Morgan fingerprint density at radius 1 is 1.38 bits per heavy atom. The van der Waals surface area contributed by atoms with Crippen LogP contribution in [0.25, 0.3) is 0 Å². The number of hydrogen-bond donors (Lipinski definition) is 1. The fraction of sp³-hybridized carbons (Fsp3) is 0.462. The van der Waals surface area contributed by atoms with Gasteiger partial charge in [0.2, 0.25) is 0 Å². The summed E-state index contributed by atoms with van der Waals surface area (Å²) >= 11 is 0. The quantitative estimate of drug-likeness (QED) is 0.826. The second kappa shape index (κ2) is 5.53. The lowest BCUT2D eigenvalue weighted by Gasteiger charge is -2.24. The van der Waals surface area contributed by atoms with E-state index in [4.69, 9.17) is 10.00 Å². The summed E-state index contributed by atoms with van der Waals surface area (Å²) in [5, 5.41) is 12.4. The van der Waals surface area contributed by atoms with Gasteiger partial charge >= 0.3 is 0 Å². The Bertz CT molecular complexity index is 367. The van der Waals surface area contributed by atoms with Gasteiger partial charge in [-0.2, -0.15) is 5.26 Å². The summed E-state index contributed by atoms with van der Waals surface area (Å²) in [6.07, 6.45) is 0.661. The van der Waals surface area contributed by atoms with E-state index in [1.54, 1.807) is 7.11 Å². The maximum atomic E-state index is 9.16. The second-order valence-electron chi connectivity index (χ2n) is 4.18. The summed E-state index contributed by atoms with van der Waals surface area (Å²) in [6.45, 7) is 4.49. The van der Waals surface area contributed by atoms with E-state index in [9.17, 15) is 0 Å². The molecule has 1 N–H and O–H groups in total. The van der Waals surface area contributed by atoms with Crippen molar-refractivity contribution in [2.75, 3.05) is 19.0 Å². The molecule has 86 valence electrons. The molecule has 0 saturated carbocycles. The van der Waals surface area contributed by atoms with Crippen LogP contribution in [0.5, 0.6) is 0 Å². The van der Waals surface area contributed by atoms with Crippen molar-refractivity contribution >= 4 is 5.69 Å². The van der Waals surface area contributed by atoms with Crippen LogP contribution in [0.2, 0.25) is 0 Å². The zero-order chi connectivity index (χ0) is 12.0. The molecule has 0 bridgehead atoms. The molecule has 0 aliphatic heterocycles. The van der Waals surface area contributed by atoms with Crippen LogP contribution >= 0.6 is 0 Å². The maximum Gasteiger partial charge on any atom is 0.124 e. The summed E-state index contributed by atoms with van der Waals surface area (Å²) < 4.78 is 5.01. The number of rotatable bonds is 5. The summed E-state index contributed by atoms with van der Waals surface area (Å²) in [5.41, 5.74) is 1.59. The molecular weight excluding hydrogens is 200 g/mol. The normalized spacial score (nSPS) is 13.9. The molecule has 0 aliphatic rings. The molecule has 0 aromatic heterocycles. The molecule has 0 saturated heterocycles. The van der Waals surface area contributed by atoms with Crippen LogP contribution in [-0.4, -0.2) is 19.3 Å². The monoisotopic (exact) mass is 218 g/mol. The van der Waals surface area contributed by atoms with Crippen molar-refractivity contribution < 1.29 is 4.74 Å². The highest BCUT2D eigenvalue weighted by Gasteiger charge is 2.22. The number of nitrogens with one attached hydrogen (secondary N) is 1. The van der Waals surface area contributed by atoms with Crippen molar-refractivity contribution in [3.8, 4) is 6.07 Å². The SMILES string of the molecule is COCCC(C)(C#N)Nc1ccc(C)cc1. The highest BCUT2D eigenvalue weighted by molar-refractivity contribution is 5.48. The van der Waals surface area contributed by atoms with Gasteiger partial charge in [-0.05, 0) is 26.0 Å². The Labute approximate surface area is 97.0 Å². The fourth-order valence-corrected chi connectivity index (χ4v) is 1.41. The molecule has 1 atom stereocenters.